The first-order valence-electron chi connectivity index (χ1n) is 9.27. The van der Waals surface area contributed by atoms with Gasteiger partial charge < -0.3 is 4.89 Å². The zero-order valence-electron chi connectivity index (χ0n) is 15.1. The van der Waals surface area contributed by atoms with Gasteiger partial charge in [0.15, 0.2) is 6.20 Å². The molecular weight excluding hydrogens is 323 g/mol. The minimum Gasteiger partial charge on any atom is -0.620 e. The molecule has 0 aliphatic carbocycles. The lowest BCUT2D eigenvalue weighted by Gasteiger charge is -2.15. The number of aryl methyl sites for hydroxylation is 1. The average Bonchev–Trinajstić information content (AvgIpc) is 2.95. The molecule has 0 spiro atoms. The minimum atomic E-state index is -3.62. The van der Waals surface area contributed by atoms with E-state index in [0.29, 0.717) is 0 Å². The van der Waals surface area contributed by atoms with Gasteiger partial charge in [-0.1, -0.05) is 64.9 Å². The van der Waals surface area contributed by atoms with E-state index in [2.05, 4.69) is 13.5 Å². The molecule has 1 aromatic heterocycles. The summed E-state index contributed by atoms with van der Waals surface area (Å²) in [6, 6.07) is 0. The van der Waals surface area contributed by atoms with Gasteiger partial charge in [-0.25, -0.2) is 9.46 Å². The van der Waals surface area contributed by atoms with E-state index in [-0.39, 0.29) is 6.16 Å². The Kier molecular flexibility index (Phi) is 11.0. The quantitative estimate of drug-likeness (QED) is 0.226. The molecule has 1 aromatic rings. The molecule has 1 heterocycles. The molecular formula is C18H34N2O3P+. The number of imidazole rings is 1. The molecule has 0 aromatic carbocycles. The number of allylic oxidation sites excluding steroid dienone is 1. The van der Waals surface area contributed by atoms with Gasteiger partial charge in [-0.2, -0.15) is 4.62 Å². The molecule has 1 unspecified atom stereocenters. The summed E-state index contributed by atoms with van der Waals surface area (Å²) in [5.74, 6) is 0. The van der Waals surface area contributed by atoms with Crippen LogP contribution in [0.4, 0.5) is 0 Å². The van der Waals surface area contributed by atoms with E-state index >= 15 is 0 Å². The van der Waals surface area contributed by atoms with Crippen molar-refractivity contribution in [2.24, 2.45) is 0 Å². The molecule has 1 rings (SSSR count). The third-order valence-electron chi connectivity index (χ3n) is 4.02. The molecule has 0 aliphatic rings. The van der Waals surface area contributed by atoms with Crippen LogP contribution in [0.3, 0.4) is 0 Å². The van der Waals surface area contributed by atoms with Crippen molar-refractivity contribution in [2.75, 3.05) is 6.16 Å². The zero-order valence-corrected chi connectivity index (χ0v) is 16.0. The second-order valence-electron chi connectivity index (χ2n) is 6.38. The number of unbranched alkanes of at least 4 members (excludes halogenated alkanes) is 9. The van der Waals surface area contributed by atoms with Gasteiger partial charge in [0.2, 0.25) is 0 Å². The van der Waals surface area contributed by atoms with Gasteiger partial charge in [0.1, 0.15) is 12.4 Å². The molecule has 138 valence electrons. The third kappa shape index (κ3) is 10.1. The first-order valence-corrected chi connectivity index (χ1v) is 11.0. The molecule has 5 nitrogen and oxygen atoms in total. The van der Waals surface area contributed by atoms with Crippen LogP contribution in [0.15, 0.2) is 31.4 Å². The summed E-state index contributed by atoms with van der Waals surface area (Å²) in [5, 5.41) is 0. The largest absolute Gasteiger partial charge is 0.620 e. The first-order chi connectivity index (χ1) is 11.6. The lowest BCUT2D eigenvalue weighted by molar-refractivity contribution is -0.697. The molecule has 0 fully saturated rings. The maximum absolute atomic E-state index is 11.7. The molecule has 0 bridgehead atoms. The fourth-order valence-corrected chi connectivity index (χ4v) is 3.46. The van der Waals surface area contributed by atoms with E-state index in [1.807, 2.05) is 10.8 Å². The number of nitrogens with zero attached hydrogens (tertiary/aromatic N) is 2. The van der Waals surface area contributed by atoms with Crippen molar-refractivity contribution in [3.8, 4) is 0 Å². The lowest BCUT2D eigenvalue weighted by Crippen LogP contribution is -2.32. The maximum atomic E-state index is 11.7. The normalized spacial score (nSPS) is 13.6. The van der Waals surface area contributed by atoms with Crippen LogP contribution in [0.2, 0.25) is 0 Å². The molecule has 0 aliphatic heterocycles. The Labute approximate surface area is 147 Å². The van der Waals surface area contributed by atoms with E-state index in [1.165, 1.54) is 68.6 Å². The molecule has 0 radical (unpaired) electrons. The SMILES string of the molecule is C=CC[P+]([O-])(O)On1cc[n+](CCCCCCCCCCCC)c1. The van der Waals surface area contributed by atoms with Gasteiger partial charge in [-0.15, -0.1) is 0 Å². The molecule has 0 amide bonds. The van der Waals surface area contributed by atoms with Gasteiger partial charge in [0, 0.05) is 0 Å². The number of aromatic nitrogens is 2. The van der Waals surface area contributed by atoms with Crippen molar-refractivity contribution in [3.05, 3.63) is 31.4 Å². The van der Waals surface area contributed by atoms with Gasteiger partial charge >= 0.3 is 7.94 Å². The van der Waals surface area contributed by atoms with Gasteiger partial charge in [0.05, 0.1) is 6.54 Å². The maximum Gasteiger partial charge on any atom is 0.343 e. The van der Waals surface area contributed by atoms with E-state index in [9.17, 15) is 9.79 Å². The molecule has 1 N–H and O–H groups in total. The first kappa shape index (κ1) is 21.1. The van der Waals surface area contributed by atoms with Crippen LogP contribution < -0.4 is 14.1 Å². The Bertz CT molecular complexity index is 449. The summed E-state index contributed by atoms with van der Waals surface area (Å²) in [7, 11) is -3.62. The van der Waals surface area contributed by atoms with E-state index in [1.54, 1.807) is 12.5 Å². The predicted molar refractivity (Wildman–Crippen MR) is 97.3 cm³/mol. The van der Waals surface area contributed by atoms with Gasteiger partial charge in [0.25, 0.3) is 6.33 Å². The van der Waals surface area contributed by atoms with Crippen molar-refractivity contribution in [1.29, 1.82) is 0 Å². The Hall–Kier alpha value is -0.900. The van der Waals surface area contributed by atoms with Crippen molar-refractivity contribution in [2.45, 2.75) is 77.7 Å². The van der Waals surface area contributed by atoms with Gasteiger partial charge in [-0.3, -0.25) is 0 Å². The molecule has 0 saturated heterocycles. The predicted octanol–water partition coefficient (Wildman–Crippen LogP) is 3.43. The van der Waals surface area contributed by atoms with Crippen molar-refractivity contribution in [3.63, 3.8) is 0 Å². The zero-order chi connectivity index (χ0) is 17.7. The lowest BCUT2D eigenvalue weighted by atomic mass is 10.1. The third-order valence-corrected chi connectivity index (χ3v) is 5.18. The summed E-state index contributed by atoms with van der Waals surface area (Å²) in [6.45, 7) is 6.61. The highest BCUT2D eigenvalue weighted by Gasteiger charge is 2.28. The summed E-state index contributed by atoms with van der Waals surface area (Å²) in [6.07, 6.45) is 19.7. The number of hydrogen-bond acceptors (Lipinski definition) is 3. The van der Waals surface area contributed by atoms with Crippen LogP contribution in [0, 0.1) is 0 Å². The molecule has 1 atom stereocenters. The topological polar surface area (TPSA) is 61.3 Å². The summed E-state index contributed by atoms with van der Waals surface area (Å²) < 4.78 is 8.35. The smallest absolute Gasteiger partial charge is 0.343 e. The van der Waals surface area contributed by atoms with Crippen LogP contribution >= 0.6 is 7.94 Å². The summed E-state index contributed by atoms with van der Waals surface area (Å²) in [5.41, 5.74) is 0. The van der Waals surface area contributed by atoms with E-state index < -0.39 is 7.94 Å². The van der Waals surface area contributed by atoms with E-state index in [4.69, 9.17) is 4.62 Å². The van der Waals surface area contributed by atoms with Crippen LogP contribution in [-0.4, -0.2) is 15.8 Å². The highest BCUT2D eigenvalue weighted by Crippen LogP contribution is 2.41. The Balaban J connectivity index is 2.07. The number of rotatable bonds is 15. The minimum absolute atomic E-state index is 0.0520. The molecule has 6 heteroatoms. The standard InChI is InChI=1S/C18H33N2O3P/c1-3-5-6-7-8-9-10-11-12-13-14-19-15-16-20(18-19)23-24(21,22)17-4-2/h4,15-16,18H,2-3,5-14,17H2,1H3/p+1. The van der Waals surface area contributed by atoms with Crippen LogP contribution in [0.25, 0.3) is 0 Å². The summed E-state index contributed by atoms with van der Waals surface area (Å²) >= 11 is 0. The van der Waals surface area contributed by atoms with Gasteiger partial charge in [-0.05, 0) is 23.6 Å². The molecule has 24 heavy (non-hydrogen) atoms. The number of hydrogen-bond donors (Lipinski definition) is 1. The highest BCUT2D eigenvalue weighted by molar-refractivity contribution is 7.58. The van der Waals surface area contributed by atoms with Crippen LogP contribution in [-0.2, 0) is 6.54 Å². The van der Waals surface area contributed by atoms with E-state index in [0.717, 1.165) is 13.0 Å². The summed E-state index contributed by atoms with van der Waals surface area (Å²) in [4.78, 5) is 21.2. The fraction of sp³-hybridized carbons (Fsp3) is 0.722. The molecule has 0 saturated carbocycles. The van der Waals surface area contributed by atoms with Crippen molar-refractivity contribution in [1.82, 2.24) is 4.73 Å². The van der Waals surface area contributed by atoms with Crippen molar-refractivity contribution >= 4 is 7.94 Å². The average molecular weight is 357 g/mol. The van der Waals surface area contributed by atoms with Crippen LogP contribution in [0.5, 0.6) is 0 Å². The highest BCUT2D eigenvalue weighted by atomic mass is 31.2. The Morgan fingerprint density at radius 2 is 1.71 bits per heavy atom. The second kappa shape index (κ2) is 12.5. The fourth-order valence-electron chi connectivity index (χ4n) is 2.68. The van der Waals surface area contributed by atoms with Crippen LogP contribution in [0.1, 0.15) is 71.1 Å². The second-order valence-corrected chi connectivity index (χ2v) is 8.19. The Morgan fingerprint density at radius 3 is 2.29 bits per heavy atom. The monoisotopic (exact) mass is 357 g/mol. The van der Waals surface area contributed by atoms with Crippen molar-refractivity contribution < 1.29 is 19.0 Å². The Morgan fingerprint density at radius 1 is 1.12 bits per heavy atom.